The van der Waals surface area contributed by atoms with Gasteiger partial charge in [0, 0.05) is 13.6 Å². The van der Waals surface area contributed by atoms with Gasteiger partial charge in [-0.1, -0.05) is 27.7 Å². The molecular formula is C13H22BrN3O. The Hall–Kier alpha value is -0.840. The van der Waals surface area contributed by atoms with Crippen molar-refractivity contribution in [3.8, 4) is 0 Å². The van der Waals surface area contributed by atoms with Crippen LogP contribution in [0.4, 0.5) is 5.69 Å². The Morgan fingerprint density at radius 2 is 1.89 bits per heavy atom. The van der Waals surface area contributed by atoms with Gasteiger partial charge in [0.05, 0.1) is 11.9 Å². The molecule has 102 valence electrons. The molecule has 0 saturated heterocycles. The average molecular weight is 316 g/mol. The van der Waals surface area contributed by atoms with Crippen LogP contribution in [0.25, 0.3) is 0 Å². The van der Waals surface area contributed by atoms with E-state index in [-0.39, 0.29) is 5.56 Å². The summed E-state index contributed by atoms with van der Waals surface area (Å²) >= 11 is 3.32. The van der Waals surface area contributed by atoms with Crippen LogP contribution >= 0.6 is 15.9 Å². The van der Waals surface area contributed by atoms with Crippen molar-refractivity contribution in [1.82, 2.24) is 9.78 Å². The second-order valence-corrected chi connectivity index (χ2v) is 6.13. The molecule has 5 heteroatoms. The zero-order valence-electron chi connectivity index (χ0n) is 11.7. The van der Waals surface area contributed by atoms with Crippen molar-refractivity contribution in [2.24, 2.45) is 24.8 Å². The van der Waals surface area contributed by atoms with Crippen molar-refractivity contribution in [3.63, 3.8) is 0 Å². The van der Waals surface area contributed by atoms with E-state index in [0.717, 1.165) is 12.2 Å². The summed E-state index contributed by atoms with van der Waals surface area (Å²) in [5.74, 6) is 1.78. The SMILES string of the molecule is CC(C)C(CNc1cnn(C)c(=O)c1Br)C(C)C. The standard InChI is InChI=1S/C13H22BrN3O/c1-8(2)10(9(3)4)6-15-11-7-16-17(5)13(18)12(11)14/h7-10,15H,6H2,1-5H3. The quantitative estimate of drug-likeness (QED) is 0.908. The van der Waals surface area contributed by atoms with Gasteiger partial charge in [-0.05, 0) is 33.7 Å². The van der Waals surface area contributed by atoms with Crippen molar-refractivity contribution >= 4 is 21.6 Å². The maximum atomic E-state index is 11.7. The Morgan fingerprint density at radius 3 is 2.39 bits per heavy atom. The molecule has 0 aliphatic heterocycles. The number of hydrogen-bond acceptors (Lipinski definition) is 3. The van der Waals surface area contributed by atoms with Gasteiger partial charge >= 0.3 is 0 Å². The minimum atomic E-state index is -0.120. The lowest BCUT2D eigenvalue weighted by Crippen LogP contribution is -2.26. The predicted molar refractivity (Wildman–Crippen MR) is 78.8 cm³/mol. The fraction of sp³-hybridized carbons (Fsp3) is 0.692. The summed E-state index contributed by atoms with van der Waals surface area (Å²) in [6.07, 6.45) is 1.68. The molecule has 0 amide bonds. The second-order valence-electron chi connectivity index (χ2n) is 5.33. The van der Waals surface area contributed by atoms with E-state index < -0.39 is 0 Å². The van der Waals surface area contributed by atoms with E-state index >= 15 is 0 Å². The number of hydrogen-bond donors (Lipinski definition) is 1. The highest BCUT2D eigenvalue weighted by atomic mass is 79.9. The molecule has 0 atom stereocenters. The van der Waals surface area contributed by atoms with Gasteiger partial charge < -0.3 is 5.32 Å². The molecule has 1 N–H and O–H groups in total. The third kappa shape index (κ3) is 3.57. The van der Waals surface area contributed by atoms with Crippen LogP contribution in [-0.4, -0.2) is 16.3 Å². The number of rotatable bonds is 5. The van der Waals surface area contributed by atoms with Crippen molar-refractivity contribution in [2.75, 3.05) is 11.9 Å². The Labute approximate surface area is 117 Å². The van der Waals surface area contributed by atoms with Crippen LogP contribution in [0, 0.1) is 17.8 Å². The molecule has 0 bridgehead atoms. The summed E-state index contributed by atoms with van der Waals surface area (Å²) in [5, 5.41) is 7.34. The summed E-state index contributed by atoms with van der Waals surface area (Å²) < 4.78 is 1.86. The molecule has 1 aromatic rings. The zero-order valence-corrected chi connectivity index (χ0v) is 13.3. The normalized spacial score (nSPS) is 11.6. The Bertz CT molecular complexity index is 446. The lowest BCUT2D eigenvalue weighted by Gasteiger charge is -2.25. The molecule has 0 saturated carbocycles. The van der Waals surface area contributed by atoms with Crippen molar-refractivity contribution in [3.05, 3.63) is 21.0 Å². The fourth-order valence-corrected chi connectivity index (χ4v) is 2.60. The third-order valence-electron chi connectivity index (χ3n) is 3.32. The lowest BCUT2D eigenvalue weighted by atomic mass is 9.85. The number of nitrogens with zero attached hydrogens (tertiary/aromatic N) is 2. The van der Waals surface area contributed by atoms with E-state index in [1.807, 2.05) is 0 Å². The average Bonchev–Trinajstić information content (AvgIpc) is 2.28. The molecular weight excluding hydrogens is 294 g/mol. The molecule has 1 heterocycles. The monoisotopic (exact) mass is 315 g/mol. The van der Waals surface area contributed by atoms with Crippen molar-refractivity contribution in [2.45, 2.75) is 27.7 Å². The second kappa shape index (κ2) is 6.36. The van der Waals surface area contributed by atoms with Gasteiger partial charge in [-0.3, -0.25) is 4.79 Å². The van der Waals surface area contributed by atoms with Gasteiger partial charge in [0.15, 0.2) is 0 Å². The summed E-state index contributed by atoms with van der Waals surface area (Å²) in [6.45, 7) is 9.75. The van der Waals surface area contributed by atoms with Crippen LogP contribution in [0.15, 0.2) is 15.5 Å². The van der Waals surface area contributed by atoms with Gasteiger partial charge in [0.1, 0.15) is 4.47 Å². The molecule has 0 spiro atoms. The Morgan fingerprint density at radius 1 is 1.33 bits per heavy atom. The first-order valence-corrected chi connectivity index (χ1v) is 7.09. The van der Waals surface area contributed by atoms with Crippen molar-refractivity contribution in [1.29, 1.82) is 0 Å². The van der Waals surface area contributed by atoms with Crippen LogP contribution in [0.2, 0.25) is 0 Å². The Kier molecular flexibility index (Phi) is 5.38. The summed E-state index contributed by atoms with van der Waals surface area (Å²) in [6, 6.07) is 0. The van der Waals surface area contributed by atoms with Crippen LogP contribution in [0.1, 0.15) is 27.7 Å². The number of nitrogens with one attached hydrogen (secondary N) is 1. The first-order valence-electron chi connectivity index (χ1n) is 6.30. The van der Waals surface area contributed by atoms with Gasteiger partial charge in [0.25, 0.3) is 5.56 Å². The topological polar surface area (TPSA) is 46.9 Å². The first kappa shape index (κ1) is 15.2. The van der Waals surface area contributed by atoms with Gasteiger partial charge in [-0.25, -0.2) is 4.68 Å². The predicted octanol–water partition coefficient (Wildman–Crippen LogP) is 2.88. The van der Waals surface area contributed by atoms with E-state index in [1.54, 1.807) is 13.2 Å². The van der Waals surface area contributed by atoms with Crippen LogP contribution in [0.3, 0.4) is 0 Å². The first-order chi connectivity index (χ1) is 8.34. The molecule has 18 heavy (non-hydrogen) atoms. The van der Waals surface area contributed by atoms with Crippen molar-refractivity contribution < 1.29 is 0 Å². The van der Waals surface area contributed by atoms with E-state index in [4.69, 9.17) is 0 Å². The summed E-state index contributed by atoms with van der Waals surface area (Å²) in [4.78, 5) is 11.7. The fourth-order valence-electron chi connectivity index (χ4n) is 2.10. The molecule has 1 aromatic heterocycles. The third-order valence-corrected chi connectivity index (χ3v) is 4.09. The zero-order chi connectivity index (χ0) is 13.9. The number of anilines is 1. The molecule has 0 aliphatic rings. The van der Waals surface area contributed by atoms with E-state index in [1.165, 1.54) is 4.68 Å². The smallest absolute Gasteiger partial charge is 0.282 e. The number of aryl methyl sites for hydroxylation is 1. The highest BCUT2D eigenvalue weighted by Gasteiger charge is 2.18. The lowest BCUT2D eigenvalue weighted by molar-refractivity contribution is 0.304. The highest BCUT2D eigenvalue weighted by molar-refractivity contribution is 9.10. The van der Waals surface area contributed by atoms with Gasteiger partial charge in [0.2, 0.25) is 0 Å². The Balaban J connectivity index is 2.80. The van der Waals surface area contributed by atoms with E-state index in [0.29, 0.717) is 22.2 Å². The number of aromatic nitrogens is 2. The molecule has 0 aromatic carbocycles. The van der Waals surface area contributed by atoms with Crippen LogP contribution < -0.4 is 10.9 Å². The molecule has 0 aliphatic carbocycles. The van der Waals surface area contributed by atoms with Gasteiger partial charge in [-0.15, -0.1) is 0 Å². The van der Waals surface area contributed by atoms with E-state index in [9.17, 15) is 4.79 Å². The molecule has 1 rings (SSSR count). The minimum Gasteiger partial charge on any atom is -0.382 e. The highest BCUT2D eigenvalue weighted by Crippen LogP contribution is 2.22. The van der Waals surface area contributed by atoms with Gasteiger partial charge in [-0.2, -0.15) is 5.10 Å². The summed E-state index contributed by atoms with van der Waals surface area (Å²) in [7, 11) is 1.64. The molecule has 0 fully saturated rings. The number of halogens is 1. The maximum Gasteiger partial charge on any atom is 0.282 e. The van der Waals surface area contributed by atoms with E-state index in [2.05, 4.69) is 54.0 Å². The maximum absolute atomic E-state index is 11.7. The largest absolute Gasteiger partial charge is 0.382 e. The molecule has 0 radical (unpaired) electrons. The minimum absolute atomic E-state index is 0.120. The van der Waals surface area contributed by atoms with Crippen LogP contribution in [-0.2, 0) is 7.05 Å². The molecule has 4 nitrogen and oxygen atoms in total. The van der Waals surface area contributed by atoms with Crippen LogP contribution in [0.5, 0.6) is 0 Å². The summed E-state index contributed by atoms with van der Waals surface area (Å²) in [5.41, 5.74) is 0.648. The molecule has 0 unspecified atom stereocenters.